The van der Waals surface area contributed by atoms with E-state index in [1.165, 1.54) is 0 Å². The van der Waals surface area contributed by atoms with Crippen LogP contribution in [0, 0.1) is 45.3 Å². The average Bonchev–Trinajstić information content (AvgIpc) is 3.32. The van der Waals surface area contributed by atoms with Crippen LogP contribution in [-0.2, 0) is 14.2 Å². The lowest BCUT2D eigenvalue weighted by Gasteiger charge is -2.65. The fraction of sp³-hybridized carbons (Fsp3) is 0.889. The summed E-state index contributed by atoms with van der Waals surface area (Å²) < 4.78 is 18.9. The van der Waals surface area contributed by atoms with Crippen molar-refractivity contribution in [1.82, 2.24) is 0 Å². The van der Waals surface area contributed by atoms with Gasteiger partial charge in [0.1, 0.15) is 30.0 Å². The Bertz CT molecular complexity index is 1180. The maximum atomic E-state index is 12.0. The van der Waals surface area contributed by atoms with Gasteiger partial charge in [0, 0.05) is 16.7 Å². The first-order valence-corrected chi connectivity index (χ1v) is 17.3. The van der Waals surface area contributed by atoms with Gasteiger partial charge in [0.25, 0.3) is 0 Å². The van der Waals surface area contributed by atoms with Gasteiger partial charge in [-0.15, -0.1) is 0 Å². The Kier molecular flexibility index (Phi) is 8.37. The number of aliphatic hydroxyl groups is 6. The van der Waals surface area contributed by atoms with Crippen molar-refractivity contribution in [3.05, 3.63) is 24.3 Å². The van der Waals surface area contributed by atoms with Crippen molar-refractivity contribution >= 4 is 0 Å². The Hall–Kier alpha value is -0.880. The predicted octanol–water partition coefficient (Wildman–Crippen LogP) is 3.44. The Morgan fingerprint density at radius 1 is 0.956 bits per heavy atom. The van der Waals surface area contributed by atoms with Crippen molar-refractivity contribution in [1.29, 1.82) is 0 Å². The number of ether oxygens (including phenoxy) is 3. The van der Waals surface area contributed by atoms with Gasteiger partial charge in [0.05, 0.1) is 18.3 Å². The molecule has 0 aromatic heterocycles. The van der Waals surface area contributed by atoms with E-state index in [0.717, 1.165) is 38.5 Å². The van der Waals surface area contributed by atoms with Gasteiger partial charge in [-0.1, -0.05) is 58.9 Å². The van der Waals surface area contributed by atoms with E-state index in [2.05, 4.69) is 52.8 Å². The molecule has 15 atom stereocenters. The maximum absolute atomic E-state index is 12.0. The van der Waals surface area contributed by atoms with Gasteiger partial charge < -0.3 is 44.8 Å². The van der Waals surface area contributed by atoms with Crippen LogP contribution >= 0.6 is 0 Å². The van der Waals surface area contributed by atoms with Crippen LogP contribution in [0.5, 0.6) is 0 Å². The van der Waals surface area contributed by atoms with E-state index in [0.29, 0.717) is 18.3 Å². The van der Waals surface area contributed by atoms with Crippen LogP contribution < -0.4 is 0 Å². The van der Waals surface area contributed by atoms with Crippen molar-refractivity contribution in [2.24, 2.45) is 45.3 Å². The first-order chi connectivity index (χ1) is 20.9. The number of hydrogen-bond acceptors (Lipinski definition) is 9. The second-order valence-corrected chi connectivity index (χ2v) is 17.1. The molecule has 9 nitrogen and oxygen atoms in total. The molecule has 6 aliphatic rings. The van der Waals surface area contributed by atoms with Gasteiger partial charge in [-0.3, -0.25) is 0 Å². The zero-order chi connectivity index (χ0) is 33.0. The molecule has 0 radical (unpaired) electrons. The summed E-state index contributed by atoms with van der Waals surface area (Å²) in [6.45, 7) is 14.6. The van der Waals surface area contributed by atoms with E-state index in [9.17, 15) is 30.6 Å². The summed E-state index contributed by atoms with van der Waals surface area (Å²) in [6.07, 6.45) is 7.14. The van der Waals surface area contributed by atoms with Crippen molar-refractivity contribution in [2.75, 3.05) is 6.61 Å². The normalized spacial score (nSPS) is 52.8. The molecule has 4 aliphatic carbocycles. The largest absolute Gasteiger partial charge is 0.394 e. The highest BCUT2D eigenvalue weighted by atomic mass is 16.7. The van der Waals surface area contributed by atoms with Crippen LogP contribution in [0.25, 0.3) is 0 Å². The van der Waals surface area contributed by atoms with Crippen LogP contribution in [0.15, 0.2) is 24.3 Å². The number of fused-ring (bicyclic) bond motifs is 2. The zero-order valence-electron chi connectivity index (χ0n) is 28.2. The molecule has 1 unspecified atom stereocenters. The zero-order valence-corrected chi connectivity index (χ0v) is 28.2. The molecule has 2 heterocycles. The van der Waals surface area contributed by atoms with Crippen LogP contribution in [0.1, 0.15) is 93.4 Å². The van der Waals surface area contributed by atoms with E-state index in [1.807, 2.05) is 19.9 Å². The van der Waals surface area contributed by atoms with Crippen LogP contribution in [0.2, 0.25) is 0 Å². The van der Waals surface area contributed by atoms with Gasteiger partial charge in [0.15, 0.2) is 12.6 Å². The van der Waals surface area contributed by atoms with E-state index >= 15 is 0 Å². The molecule has 0 aromatic rings. The van der Waals surface area contributed by atoms with Crippen LogP contribution in [-0.4, -0.2) is 91.5 Å². The minimum absolute atomic E-state index is 0.00466. The summed E-state index contributed by atoms with van der Waals surface area (Å²) >= 11 is 0. The first-order valence-electron chi connectivity index (χ1n) is 17.3. The summed E-state index contributed by atoms with van der Waals surface area (Å²) in [5.74, 6) is 1.29. The van der Waals surface area contributed by atoms with Gasteiger partial charge in [-0.2, -0.15) is 0 Å². The molecule has 3 saturated carbocycles. The predicted molar refractivity (Wildman–Crippen MR) is 167 cm³/mol. The molecule has 2 bridgehead atoms. The lowest BCUT2D eigenvalue weighted by molar-refractivity contribution is -0.330. The summed E-state index contributed by atoms with van der Waals surface area (Å²) in [4.78, 5) is 0. The molecule has 9 heteroatoms. The number of aliphatic hydroxyl groups excluding tert-OH is 5. The summed E-state index contributed by atoms with van der Waals surface area (Å²) in [6, 6.07) is 0. The number of allylic oxidation sites excluding steroid dienone is 2. The Morgan fingerprint density at radius 3 is 2.33 bits per heavy atom. The smallest absolute Gasteiger partial charge is 0.186 e. The molecule has 2 saturated heterocycles. The van der Waals surface area contributed by atoms with Gasteiger partial charge in [-0.05, 0) is 87.4 Å². The number of hydrogen-bond donors (Lipinski definition) is 6. The second-order valence-electron chi connectivity index (χ2n) is 17.1. The topological polar surface area (TPSA) is 149 Å². The van der Waals surface area contributed by atoms with Gasteiger partial charge in [-0.25, -0.2) is 0 Å². The Balaban J connectivity index is 1.28. The van der Waals surface area contributed by atoms with Crippen molar-refractivity contribution in [3.8, 4) is 0 Å². The molecule has 0 amide bonds. The standard InChI is InChI=1S/C36H58O9/c1-20(9-8-14-31(2,3)42)21-12-15-34(7)23-13-16-36-24(35(23,30(41)45-36)18-17-33(21,34)6)10-11-25(32(36,4)5)44-29-28(40)27(39)26(38)22(19-37)43-29/h8,13-14,16,20-30,37-42H,9-12,15,17-19H2,1-7H3/b14-8+/t20-,21-,22-,23+,24+,25+,26-,27+,28-,29+,30?,33-,34+,35+,36-/m0/s1. The van der Waals surface area contributed by atoms with E-state index in [4.69, 9.17) is 14.2 Å². The van der Waals surface area contributed by atoms with Gasteiger partial charge >= 0.3 is 0 Å². The first kappa shape index (κ1) is 34.0. The third-order valence-corrected chi connectivity index (χ3v) is 14.3. The molecule has 0 aromatic carbocycles. The lowest BCUT2D eigenvalue weighted by Crippen LogP contribution is -2.66. The third-order valence-electron chi connectivity index (χ3n) is 14.3. The van der Waals surface area contributed by atoms with Crippen molar-refractivity contribution in [3.63, 3.8) is 0 Å². The van der Waals surface area contributed by atoms with E-state index in [-0.39, 0.29) is 22.7 Å². The fourth-order valence-corrected chi connectivity index (χ4v) is 11.5. The molecule has 45 heavy (non-hydrogen) atoms. The number of rotatable bonds is 7. The monoisotopic (exact) mass is 634 g/mol. The summed E-state index contributed by atoms with van der Waals surface area (Å²) in [7, 11) is 0. The van der Waals surface area contributed by atoms with Gasteiger partial charge in [0.2, 0.25) is 0 Å². The molecule has 6 N–H and O–H groups in total. The van der Waals surface area contributed by atoms with Crippen LogP contribution in [0.3, 0.4) is 0 Å². The van der Waals surface area contributed by atoms with Crippen molar-refractivity contribution < 1.29 is 44.8 Å². The second kappa shape index (κ2) is 11.1. The quantitative estimate of drug-likeness (QED) is 0.232. The highest BCUT2D eigenvalue weighted by Gasteiger charge is 2.78. The molecular formula is C36H58O9. The Labute approximate surface area is 268 Å². The third kappa shape index (κ3) is 4.66. The molecule has 6 rings (SSSR count). The molecule has 256 valence electrons. The minimum Gasteiger partial charge on any atom is -0.394 e. The average molecular weight is 635 g/mol. The van der Waals surface area contributed by atoms with Crippen molar-refractivity contribution in [2.45, 2.75) is 148 Å². The highest BCUT2D eigenvalue weighted by molar-refractivity contribution is 5.34. The summed E-state index contributed by atoms with van der Waals surface area (Å²) in [5.41, 5.74) is -2.52. The Morgan fingerprint density at radius 2 is 1.67 bits per heavy atom. The SMILES string of the molecule is C[C@@H](C/C=C/C(C)(C)O)[C@@H]1CC[C@]2(C)[C@H]3C=C[C@]45OC(O)[C@@]3(CC[C@@]12C)[C@H]4CC[C@@H](O[C@H]1O[C@@H](CO)[C@H](O)[C@@H](O)[C@@H]1O)C5(C)C. The minimum atomic E-state index is -1.51. The molecule has 2 aliphatic heterocycles. The van der Waals surface area contributed by atoms with E-state index < -0.39 is 71.7 Å². The highest BCUT2D eigenvalue weighted by Crippen LogP contribution is 2.78. The molecule has 1 spiro atoms. The molecule has 5 fully saturated rings. The molecular weight excluding hydrogens is 576 g/mol. The summed E-state index contributed by atoms with van der Waals surface area (Å²) in [5, 5.41) is 63.2. The van der Waals surface area contributed by atoms with Crippen LogP contribution in [0.4, 0.5) is 0 Å². The van der Waals surface area contributed by atoms with E-state index in [1.54, 1.807) is 0 Å². The lowest BCUT2D eigenvalue weighted by atomic mass is 9.38. The maximum Gasteiger partial charge on any atom is 0.186 e. The fourth-order valence-electron chi connectivity index (χ4n) is 11.5.